The van der Waals surface area contributed by atoms with E-state index in [2.05, 4.69) is 46.2 Å². The molecule has 1 amide bonds. The van der Waals surface area contributed by atoms with Gasteiger partial charge in [-0.1, -0.05) is 25.1 Å². The number of halogens is 1. The minimum absolute atomic E-state index is 0.119. The molecule has 0 atom stereocenters. The molecular weight excluding hydrogens is 453 g/mol. The summed E-state index contributed by atoms with van der Waals surface area (Å²) in [5, 5.41) is 3.06. The Balaban J connectivity index is 1.35. The van der Waals surface area contributed by atoms with Crippen LogP contribution in [0.25, 0.3) is 5.65 Å². The van der Waals surface area contributed by atoms with Gasteiger partial charge in [0.2, 0.25) is 0 Å². The zero-order chi connectivity index (χ0) is 25.7. The number of rotatable bonds is 10. The van der Waals surface area contributed by atoms with Gasteiger partial charge < -0.3 is 15.1 Å². The molecule has 2 heterocycles. The van der Waals surface area contributed by atoms with E-state index < -0.39 is 0 Å². The van der Waals surface area contributed by atoms with Crippen molar-refractivity contribution in [3.8, 4) is 0 Å². The number of carbonyl (C=O) groups is 1. The van der Waals surface area contributed by atoms with Crippen LogP contribution in [0.2, 0.25) is 0 Å². The van der Waals surface area contributed by atoms with Crippen LogP contribution < -0.4 is 15.1 Å². The SMILES string of the molecule is CCc1nc2ccc(C)cn2c1C(=O)NCc1ccc(N(C)CCN(CC)c2ccc(F)cc2)cc1. The first kappa shape index (κ1) is 25.2. The van der Waals surface area contributed by atoms with Gasteiger partial charge in [-0.2, -0.15) is 0 Å². The summed E-state index contributed by atoms with van der Waals surface area (Å²) in [6, 6.07) is 18.8. The molecule has 0 bridgehead atoms. The molecule has 0 saturated heterocycles. The second-order valence-electron chi connectivity index (χ2n) is 9.02. The Morgan fingerprint density at radius 1 is 0.972 bits per heavy atom. The van der Waals surface area contributed by atoms with Crippen LogP contribution in [0.3, 0.4) is 0 Å². The largest absolute Gasteiger partial charge is 0.373 e. The molecule has 0 aliphatic carbocycles. The van der Waals surface area contributed by atoms with Crippen molar-refractivity contribution < 1.29 is 9.18 Å². The summed E-state index contributed by atoms with van der Waals surface area (Å²) in [6.07, 6.45) is 2.65. The van der Waals surface area contributed by atoms with Gasteiger partial charge in [0, 0.05) is 50.8 Å². The van der Waals surface area contributed by atoms with E-state index in [-0.39, 0.29) is 11.7 Å². The summed E-state index contributed by atoms with van der Waals surface area (Å²) in [5.41, 5.74) is 6.43. The Morgan fingerprint density at radius 2 is 1.67 bits per heavy atom. The molecular formula is C29H34FN5O. The standard InChI is InChI=1S/C29H34FN5O/c1-5-26-28(35-20-21(3)7-16-27(35)32-26)29(36)31-19-22-8-12-24(13-9-22)33(4)17-18-34(6-2)25-14-10-23(30)11-15-25/h7-16,20H,5-6,17-19H2,1-4H3,(H,31,36). The number of hydrogen-bond acceptors (Lipinski definition) is 4. The third-order valence-electron chi connectivity index (χ3n) is 6.50. The number of nitrogens with one attached hydrogen (secondary N) is 1. The van der Waals surface area contributed by atoms with Crippen molar-refractivity contribution in [1.29, 1.82) is 0 Å². The Morgan fingerprint density at radius 3 is 2.33 bits per heavy atom. The maximum Gasteiger partial charge on any atom is 0.270 e. The summed E-state index contributed by atoms with van der Waals surface area (Å²) in [6.45, 7) is 9.07. The van der Waals surface area contributed by atoms with E-state index in [1.807, 2.05) is 60.8 Å². The van der Waals surface area contributed by atoms with Crippen molar-refractivity contribution in [1.82, 2.24) is 14.7 Å². The first-order valence-corrected chi connectivity index (χ1v) is 12.5. The fourth-order valence-corrected chi connectivity index (χ4v) is 4.34. The number of aryl methyl sites for hydroxylation is 2. The number of fused-ring (bicyclic) bond motifs is 1. The number of hydrogen-bond donors (Lipinski definition) is 1. The van der Waals surface area contributed by atoms with E-state index in [4.69, 9.17) is 0 Å². The lowest BCUT2D eigenvalue weighted by Crippen LogP contribution is -2.33. The lowest BCUT2D eigenvalue weighted by Gasteiger charge is -2.27. The molecule has 188 valence electrons. The molecule has 2 aromatic heterocycles. The molecule has 36 heavy (non-hydrogen) atoms. The topological polar surface area (TPSA) is 52.9 Å². The number of likely N-dealkylation sites (N-methyl/N-ethyl adjacent to an activating group) is 2. The molecule has 0 fully saturated rings. The molecule has 0 saturated carbocycles. The number of imidazole rings is 1. The minimum Gasteiger partial charge on any atom is -0.373 e. The molecule has 4 aromatic rings. The predicted octanol–water partition coefficient (Wildman–Crippen LogP) is 5.24. The first-order valence-electron chi connectivity index (χ1n) is 12.5. The van der Waals surface area contributed by atoms with Gasteiger partial charge in [0.15, 0.2) is 0 Å². The van der Waals surface area contributed by atoms with Crippen molar-refractivity contribution in [2.75, 3.05) is 36.5 Å². The number of benzene rings is 2. The predicted molar refractivity (Wildman–Crippen MR) is 144 cm³/mol. The van der Waals surface area contributed by atoms with Crippen LogP contribution in [0.15, 0.2) is 66.9 Å². The second kappa shape index (κ2) is 11.2. The lowest BCUT2D eigenvalue weighted by molar-refractivity contribution is 0.0944. The summed E-state index contributed by atoms with van der Waals surface area (Å²) < 4.78 is 15.1. The number of carbonyl (C=O) groups excluding carboxylic acids is 1. The van der Waals surface area contributed by atoms with Crippen molar-refractivity contribution in [2.24, 2.45) is 0 Å². The number of aromatic nitrogens is 2. The van der Waals surface area contributed by atoms with E-state index in [1.54, 1.807) is 0 Å². The highest BCUT2D eigenvalue weighted by molar-refractivity contribution is 5.94. The van der Waals surface area contributed by atoms with Crippen LogP contribution in [0.4, 0.5) is 15.8 Å². The Hall–Kier alpha value is -3.87. The zero-order valence-electron chi connectivity index (χ0n) is 21.5. The number of pyridine rings is 1. The smallest absolute Gasteiger partial charge is 0.270 e. The Bertz CT molecular complexity index is 1310. The number of amides is 1. The third kappa shape index (κ3) is 5.67. The molecule has 2 aromatic carbocycles. The molecule has 0 aliphatic heterocycles. The Labute approximate surface area is 212 Å². The molecule has 7 heteroatoms. The van der Waals surface area contributed by atoms with Crippen LogP contribution in [0.1, 0.15) is 41.2 Å². The molecule has 1 N–H and O–H groups in total. The quantitative estimate of drug-likeness (QED) is 0.333. The molecule has 6 nitrogen and oxygen atoms in total. The van der Waals surface area contributed by atoms with Crippen molar-refractivity contribution >= 4 is 22.9 Å². The van der Waals surface area contributed by atoms with E-state index in [0.717, 1.165) is 53.5 Å². The average Bonchev–Trinajstić information content (AvgIpc) is 3.26. The monoisotopic (exact) mass is 487 g/mol. The van der Waals surface area contributed by atoms with Crippen LogP contribution in [-0.2, 0) is 13.0 Å². The highest BCUT2D eigenvalue weighted by atomic mass is 19.1. The maximum atomic E-state index is 13.2. The van der Waals surface area contributed by atoms with Crippen molar-refractivity contribution in [3.63, 3.8) is 0 Å². The fraction of sp³-hybridized carbons (Fsp3) is 0.310. The van der Waals surface area contributed by atoms with Gasteiger partial charge in [-0.05, 0) is 73.9 Å². The second-order valence-corrected chi connectivity index (χ2v) is 9.02. The van der Waals surface area contributed by atoms with E-state index in [0.29, 0.717) is 18.7 Å². The average molecular weight is 488 g/mol. The molecule has 4 rings (SSSR count). The van der Waals surface area contributed by atoms with Gasteiger partial charge in [0.05, 0.1) is 5.69 Å². The van der Waals surface area contributed by atoms with Crippen LogP contribution in [0, 0.1) is 12.7 Å². The number of anilines is 2. The number of nitrogens with zero attached hydrogens (tertiary/aromatic N) is 4. The third-order valence-corrected chi connectivity index (χ3v) is 6.50. The zero-order valence-corrected chi connectivity index (χ0v) is 21.5. The van der Waals surface area contributed by atoms with Gasteiger partial charge in [0.25, 0.3) is 5.91 Å². The minimum atomic E-state index is -0.220. The van der Waals surface area contributed by atoms with E-state index in [9.17, 15) is 9.18 Å². The normalized spacial score (nSPS) is 11.0. The molecule has 0 unspecified atom stereocenters. The first-order chi connectivity index (χ1) is 17.4. The van der Waals surface area contributed by atoms with Crippen LogP contribution >= 0.6 is 0 Å². The van der Waals surface area contributed by atoms with Crippen LogP contribution in [-0.4, -0.2) is 42.0 Å². The lowest BCUT2D eigenvalue weighted by atomic mass is 10.2. The maximum absolute atomic E-state index is 13.2. The fourth-order valence-electron chi connectivity index (χ4n) is 4.34. The van der Waals surface area contributed by atoms with Gasteiger partial charge >= 0.3 is 0 Å². The van der Waals surface area contributed by atoms with E-state index >= 15 is 0 Å². The van der Waals surface area contributed by atoms with Gasteiger partial charge in [-0.25, -0.2) is 9.37 Å². The van der Waals surface area contributed by atoms with E-state index in [1.165, 1.54) is 12.1 Å². The van der Waals surface area contributed by atoms with Gasteiger partial charge in [0.1, 0.15) is 17.2 Å². The summed E-state index contributed by atoms with van der Waals surface area (Å²) in [7, 11) is 2.06. The van der Waals surface area contributed by atoms with Gasteiger partial charge in [-0.3, -0.25) is 9.20 Å². The summed E-state index contributed by atoms with van der Waals surface area (Å²) in [5.74, 6) is -0.339. The molecule has 0 spiro atoms. The molecule has 0 aliphatic rings. The van der Waals surface area contributed by atoms with Crippen molar-refractivity contribution in [2.45, 2.75) is 33.7 Å². The van der Waals surface area contributed by atoms with Crippen LogP contribution in [0.5, 0.6) is 0 Å². The van der Waals surface area contributed by atoms with Crippen molar-refractivity contribution in [3.05, 3.63) is 95.2 Å². The summed E-state index contributed by atoms with van der Waals surface area (Å²) in [4.78, 5) is 22.1. The molecule has 0 radical (unpaired) electrons. The highest BCUT2D eigenvalue weighted by Crippen LogP contribution is 2.18. The highest BCUT2D eigenvalue weighted by Gasteiger charge is 2.18. The van der Waals surface area contributed by atoms with Gasteiger partial charge in [-0.15, -0.1) is 0 Å². The summed E-state index contributed by atoms with van der Waals surface area (Å²) >= 11 is 0. The Kier molecular flexibility index (Phi) is 7.88.